The molecule has 0 aromatic heterocycles. The number of hydrogen-bond acceptors (Lipinski definition) is 4. The molecule has 6 heteroatoms. The van der Waals surface area contributed by atoms with Gasteiger partial charge in [0.1, 0.15) is 10.4 Å². The van der Waals surface area contributed by atoms with E-state index < -0.39 is 12.0 Å². The van der Waals surface area contributed by atoms with Crippen molar-refractivity contribution in [3.05, 3.63) is 40.3 Å². The van der Waals surface area contributed by atoms with E-state index in [2.05, 4.69) is 13.8 Å². The Bertz CT molecular complexity index is 693. The molecule has 0 spiro atoms. The Kier molecular flexibility index (Phi) is 5.83. The van der Waals surface area contributed by atoms with Crippen LogP contribution in [0.3, 0.4) is 0 Å². The van der Waals surface area contributed by atoms with E-state index in [9.17, 15) is 14.7 Å². The molecule has 0 radical (unpaired) electrons. The molecule has 2 rings (SSSR count). The van der Waals surface area contributed by atoms with Gasteiger partial charge in [0.05, 0.1) is 4.91 Å². The van der Waals surface area contributed by atoms with E-state index in [1.165, 1.54) is 10.5 Å². The van der Waals surface area contributed by atoms with Gasteiger partial charge in [0.15, 0.2) is 0 Å². The van der Waals surface area contributed by atoms with Gasteiger partial charge in [0.2, 0.25) is 0 Å². The molecule has 1 aliphatic rings. The van der Waals surface area contributed by atoms with E-state index in [0.717, 1.165) is 17.3 Å². The summed E-state index contributed by atoms with van der Waals surface area (Å²) in [7, 11) is 0. The van der Waals surface area contributed by atoms with Gasteiger partial charge in [0.25, 0.3) is 5.91 Å². The van der Waals surface area contributed by atoms with Crippen LogP contribution in [0.5, 0.6) is 0 Å². The molecule has 0 aliphatic carbocycles. The van der Waals surface area contributed by atoms with Crippen molar-refractivity contribution in [1.82, 2.24) is 4.90 Å². The lowest BCUT2D eigenvalue weighted by Gasteiger charge is -2.26. The molecular weight excluding hydrogens is 342 g/mol. The third-order valence-corrected chi connectivity index (χ3v) is 5.22. The molecule has 0 saturated carbocycles. The van der Waals surface area contributed by atoms with Gasteiger partial charge in [-0.15, -0.1) is 0 Å². The molecule has 1 aromatic carbocycles. The smallest absolute Gasteiger partial charge is 0.327 e. The first-order valence-electron chi connectivity index (χ1n) is 7.82. The highest BCUT2D eigenvalue weighted by Gasteiger charge is 2.41. The highest BCUT2D eigenvalue weighted by Crippen LogP contribution is 2.35. The minimum atomic E-state index is -1.04. The molecule has 1 atom stereocenters. The van der Waals surface area contributed by atoms with Crippen molar-refractivity contribution < 1.29 is 14.7 Å². The molecule has 1 heterocycles. The normalized spacial score (nSPS) is 18.1. The van der Waals surface area contributed by atoms with Crippen molar-refractivity contribution in [3.63, 3.8) is 0 Å². The van der Waals surface area contributed by atoms with Crippen molar-refractivity contribution in [3.8, 4) is 0 Å². The van der Waals surface area contributed by atoms with Crippen LogP contribution in [0.2, 0.25) is 0 Å². The van der Waals surface area contributed by atoms with Gasteiger partial charge < -0.3 is 5.11 Å². The molecule has 24 heavy (non-hydrogen) atoms. The topological polar surface area (TPSA) is 57.6 Å². The van der Waals surface area contributed by atoms with Gasteiger partial charge >= 0.3 is 5.97 Å². The van der Waals surface area contributed by atoms with Crippen LogP contribution >= 0.6 is 24.0 Å². The molecule has 1 saturated heterocycles. The molecule has 1 aliphatic heterocycles. The van der Waals surface area contributed by atoms with Crippen LogP contribution in [0.15, 0.2) is 29.2 Å². The molecule has 1 fully saturated rings. The number of hydrogen-bond donors (Lipinski definition) is 1. The molecule has 0 bridgehead atoms. The Labute approximate surface area is 151 Å². The predicted molar refractivity (Wildman–Crippen MR) is 102 cm³/mol. The van der Waals surface area contributed by atoms with E-state index in [4.69, 9.17) is 12.2 Å². The fourth-order valence-corrected chi connectivity index (χ4v) is 3.87. The SMILES string of the molecule is CC(C)c1ccc(/C=C2\SC(=S)N(C(C(=O)O)C(C)C)C2=O)cc1. The van der Waals surface area contributed by atoms with Gasteiger partial charge in [-0.1, -0.05) is 75.9 Å². The highest BCUT2D eigenvalue weighted by atomic mass is 32.2. The zero-order valence-corrected chi connectivity index (χ0v) is 15.8. The number of amides is 1. The first-order chi connectivity index (χ1) is 11.2. The highest BCUT2D eigenvalue weighted by molar-refractivity contribution is 8.26. The first kappa shape index (κ1) is 18.7. The molecule has 4 nitrogen and oxygen atoms in total. The number of thioether (sulfide) groups is 1. The lowest BCUT2D eigenvalue weighted by molar-refractivity contribution is -0.146. The van der Waals surface area contributed by atoms with E-state index in [1.807, 2.05) is 24.3 Å². The molecule has 1 amide bonds. The quantitative estimate of drug-likeness (QED) is 0.630. The summed E-state index contributed by atoms with van der Waals surface area (Å²) < 4.78 is 0.297. The number of carboxylic acids is 1. The van der Waals surface area contributed by atoms with Gasteiger partial charge in [-0.3, -0.25) is 9.69 Å². The van der Waals surface area contributed by atoms with Gasteiger partial charge in [-0.2, -0.15) is 0 Å². The zero-order chi connectivity index (χ0) is 18.0. The second-order valence-electron chi connectivity index (χ2n) is 6.40. The summed E-state index contributed by atoms with van der Waals surface area (Å²) in [6.07, 6.45) is 1.77. The Morgan fingerprint density at radius 3 is 2.25 bits per heavy atom. The standard InChI is InChI=1S/C18H21NO3S2/c1-10(2)13-7-5-12(6-8-13)9-14-16(20)19(18(23)24-14)15(11(3)4)17(21)22/h5-11,15H,1-4H3,(H,21,22)/b14-9-. The fourth-order valence-electron chi connectivity index (χ4n) is 2.54. The minimum absolute atomic E-state index is 0.227. The van der Waals surface area contributed by atoms with Crippen LogP contribution < -0.4 is 0 Å². The van der Waals surface area contributed by atoms with Crippen LogP contribution in [0.1, 0.15) is 44.7 Å². The summed E-state index contributed by atoms with van der Waals surface area (Å²) in [5, 5.41) is 9.42. The molecule has 128 valence electrons. The number of rotatable bonds is 5. The van der Waals surface area contributed by atoms with Crippen molar-refractivity contribution in [2.75, 3.05) is 0 Å². The number of aliphatic carboxylic acids is 1. The largest absolute Gasteiger partial charge is 0.480 e. The zero-order valence-electron chi connectivity index (χ0n) is 14.1. The van der Waals surface area contributed by atoms with Gasteiger partial charge in [-0.25, -0.2) is 4.79 Å². The second-order valence-corrected chi connectivity index (χ2v) is 8.08. The average molecular weight is 364 g/mol. The van der Waals surface area contributed by atoms with Crippen LogP contribution in [0, 0.1) is 5.92 Å². The van der Waals surface area contributed by atoms with Crippen LogP contribution in [0.4, 0.5) is 0 Å². The maximum Gasteiger partial charge on any atom is 0.327 e. The first-order valence-corrected chi connectivity index (χ1v) is 9.04. The number of thiocarbonyl (C=S) groups is 1. The van der Waals surface area contributed by atoms with Gasteiger partial charge in [-0.05, 0) is 29.0 Å². The summed E-state index contributed by atoms with van der Waals surface area (Å²) in [5.74, 6) is -1.16. The number of nitrogens with zero attached hydrogens (tertiary/aromatic N) is 1. The van der Waals surface area contributed by atoms with Crippen molar-refractivity contribution in [1.29, 1.82) is 0 Å². The summed E-state index contributed by atoms with van der Waals surface area (Å²) in [6.45, 7) is 7.79. The summed E-state index contributed by atoms with van der Waals surface area (Å²) in [6, 6.07) is 7.04. The average Bonchev–Trinajstić information content (AvgIpc) is 2.75. The van der Waals surface area contributed by atoms with Crippen molar-refractivity contribution in [2.24, 2.45) is 5.92 Å². The fraction of sp³-hybridized carbons (Fsp3) is 0.389. The molecule has 1 unspecified atom stereocenters. The molecule has 1 N–H and O–H groups in total. The molecule has 1 aromatic rings. The number of carbonyl (C=O) groups is 2. The third kappa shape index (κ3) is 3.87. The van der Waals surface area contributed by atoms with Gasteiger partial charge in [0, 0.05) is 0 Å². The van der Waals surface area contributed by atoms with Crippen LogP contribution in [-0.2, 0) is 9.59 Å². The van der Waals surface area contributed by atoms with E-state index >= 15 is 0 Å². The number of benzene rings is 1. The lowest BCUT2D eigenvalue weighted by Crippen LogP contribution is -2.47. The predicted octanol–water partition coefficient (Wildman–Crippen LogP) is 4.12. The van der Waals surface area contributed by atoms with E-state index in [0.29, 0.717) is 15.1 Å². The Hall–Kier alpha value is -1.66. The lowest BCUT2D eigenvalue weighted by atomic mass is 10.0. The van der Waals surface area contributed by atoms with Crippen LogP contribution in [-0.4, -0.2) is 32.2 Å². The Balaban J connectivity index is 2.29. The summed E-state index contributed by atoms with van der Waals surface area (Å²) in [5.41, 5.74) is 2.13. The maximum atomic E-state index is 12.6. The third-order valence-electron chi connectivity index (χ3n) is 3.89. The number of carboxylic acid groups (broad SMARTS) is 1. The minimum Gasteiger partial charge on any atom is -0.480 e. The summed E-state index contributed by atoms with van der Waals surface area (Å²) >= 11 is 6.40. The second kappa shape index (κ2) is 7.49. The number of carbonyl (C=O) groups excluding carboxylic acids is 1. The Morgan fingerprint density at radius 1 is 1.21 bits per heavy atom. The van der Waals surface area contributed by atoms with Crippen LogP contribution in [0.25, 0.3) is 6.08 Å². The summed E-state index contributed by atoms with van der Waals surface area (Å²) in [4.78, 5) is 25.8. The maximum absolute atomic E-state index is 12.6. The van der Waals surface area contributed by atoms with E-state index in [1.54, 1.807) is 19.9 Å². The van der Waals surface area contributed by atoms with Crippen molar-refractivity contribution in [2.45, 2.75) is 39.7 Å². The monoisotopic (exact) mass is 363 g/mol. The van der Waals surface area contributed by atoms with Crippen molar-refractivity contribution >= 4 is 46.3 Å². The molecular formula is C18H21NO3S2. The van der Waals surface area contributed by atoms with E-state index in [-0.39, 0.29) is 11.8 Å². The Morgan fingerprint density at radius 2 is 1.79 bits per heavy atom.